The molecule has 246 valence electrons. The van der Waals surface area contributed by atoms with Gasteiger partial charge < -0.3 is 20.9 Å². The average Bonchev–Trinajstić information content (AvgIpc) is 2.98. The summed E-state index contributed by atoms with van der Waals surface area (Å²) in [6.07, 6.45) is 34.6. The Balaban J connectivity index is 4.29. The smallest absolute Gasteiger partial charge is 0.326 e. The van der Waals surface area contributed by atoms with Crippen molar-refractivity contribution >= 4 is 17.8 Å². The summed E-state index contributed by atoms with van der Waals surface area (Å²) in [7, 11) is 0. The van der Waals surface area contributed by atoms with Gasteiger partial charge in [-0.15, -0.1) is 0 Å². The summed E-state index contributed by atoms with van der Waals surface area (Å²) in [6, 6.07) is -0.872. The van der Waals surface area contributed by atoms with E-state index in [2.05, 4.69) is 61.7 Å². The molecule has 0 bridgehead atoms. The number of carboxylic acid groups (broad SMARTS) is 1. The van der Waals surface area contributed by atoms with Gasteiger partial charge in [-0.25, -0.2) is 4.79 Å². The summed E-state index contributed by atoms with van der Waals surface area (Å²) < 4.78 is 5.83. The summed E-state index contributed by atoms with van der Waals surface area (Å²) in [4.78, 5) is 35.9. The minimum atomic E-state index is -1.02. The van der Waals surface area contributed by atoms with Crippen LogP contribution >= 0.6 is 0 Å². The Morgan fingerprint density at radius 2 is 1.35 bits per heavy atom. The van der Waals surface area contributed by atoms with Gasteiger partial charge in [0.2, 0.25) is 5.91 Å². The summed E-state index contributed by atoms with van der Waals surface area (Å²) in [5.74, 6) is -1.38. The number of carbonyl (C=O) groups is 3. The Morgan fingerprint density at radius 3 is 2.05 bits per heavy atom. The first kappa shape index (κ1) is 40.3. The van der Waals surface area contributed by atoms with E-state index in [9.17, 15) is 19.5 Å². The number of allylic oxidation sites excluding steroid dienone is 7. The van der Waals surface area contributed by atoms with E-state index in [1.165, 1.54) is 12.8 Å². The van der Waals surface area contributed by atoms with Crippen molar-refractivity contribution in [2.45, 2.75) is 154 Å². The van der Waals surface area contributed by atoms with Crippen LogP contribution in [0, 0.1) is 0 Å². The van der Waals surface area contributed by atoms with E-state index in [0.717, 1.165) is 83.5 Å². The van der Waals surface area contributed by atoms with Crippen molar-refractivity contribution in [3.8, 4) is 0 Å². The van der Waals surface area contributed by atoms with Crippen LogP contribution in [-0.2, 0) is 19.1 Å². The molecule has 7 nitrogen and oxygen atoms in total. The van der Waals surface area contributed by atoms with Gasteiger partial charge in [-0.05, 0) is 96.1 Å². The molecule has 43 heavy (non-hydrogen) atoms. The molecule has 2 atom stereocenters. The second-order valence-corrected chi connectivity index (χ2v) is 11.2. The quantitative estimate of drug-likeness (QED) is 0.0449. The van der Waals surface area contributed by atoms with E-state index < -0.39 is 12.0 Å². The number of rotatable bonds is 29. The van der Waals surface area contributed by atoms with Crippen molar-refractivity contribution in [3.63, 3.8) is 0 Å². The van der Waals surface area contributed by atoms with Crippen molar-refractivity contribution in [2.75, 3.05) is 6.54 Å². The van der Waals surface area contributed by atoms with Crippen molar-refractivity contribution < 1.29 is 24.2 Å². The molecule has 0 aromatic carbocycles. The highest BCUT2D eigenvalue weighted by molar-refractivity contribution is 5.83. The molecule has 0 saturated carbocycles. The Morgan fingerprint density at radius 1 is 0.721 bits per heavy atom. The molecule has 0 spiro atoms. The molecule has 0 saturated heterocycles. The molecule has 0 heterocycles. The molecule has 0 aliphatic carbocycles. The maximum atomic E-state index is 12.5. The number of amides is 1. The fourth-order valence-electron chi connectivity index (χ4n) is 4.55. The third-order valence-electron chi connectivity index (χ3n) is 7.11. The lowest BCUT2D eigenvalue weighted by Gasteiger charge is -2.15. The molecule has 0 aliphatic rings. The van der Waals surface area contributed by atoms with E-state index in [1.807, 2.05) is 6.08 Å². The van der Waals surface area contributed by atoms with Gasteiger partial charge in [-0.1, -0.05) is 88.5 Å². The van der Waals surface area contributed by atoms with Crippen molar-refractivity contribution in [1.29, 1.82) is 0 Å². The number of hydrogen-bond donors (Lipinski definition) is 3. The maximum absolute atomic E-state index is 12.5. The van der Waals surface area contributed by atoms with Crippen LogP contribution in [-0.4, -0.2) is 41.6 Å². The van der Waals surface area contributed by atoms with Crippen LogP contribution in [0.3, 0.4) is 0 Å². The number of unbranched alkanes of at least 4 members (excludes halogenated alkanes) is 9. The highest BCUT2D eigenvalue weighted by Gasteiger charge is 2.18. The first-order valence-electron chi connectivity index (χ1n) is 17.0. The molecule has 0 aromatic heterocycles. The molecule has 0 aliphatic heterocycles. The zero-order valence-corrected chi connectivity index (χ0v) is 27.3. The number of esters is 1. The maximum Gasteiger partial charge on any atom is 0.326 e. The van der Waals surface area contributed by atoms with Crippen molar-refractivity contribution in [2.24, 2.45) is 5.73 Å². The summed E-state index contributed by atoms with van der Waals surface area (Å²) >= 11 is 0. The second kappa shape index (κ2) is 30.8. The zero-order chi connectivity index (χ0) is 31.8. The zero-order valence-electron chi connectivity index (χ0n) is 27.3. The third kappa shape index (κ3) is 27.9. The highest BCUT2D eigenvalue weighted by Crippen LogP contribution is 2.14. The number of carboxylic acids is 1. The normalized spacial score (nSPS) is 13.4. The highest BCUT2D eigenvalue weighted by atomic mass is 16.5. The lowest BCUT2D eigenvalue weighted by molar-refractivity contribution is -0.147. The van der Waals surface area contributed by atoms with Crippen LogP contribution in [0.15, 0.2) is 48.6 Å². The van der Waals surface area contributed by atoms with Gasteiger partial charge in [0, 0.05) is 12.8 Å². The van der Waals surface area contributed by atoms with Crippen LogP contribution in [0.25, 0.3) is 0 Å². The summed E-state index contributed by atoms with van der Waals surface area (Å²) in [5.41, 5.74) is 5.45. The number of ether oxygens (including phenoxy) is 1. The molecule has 1 amide bonds. The molecular formula is C36H62N2O5. The number of aliphatic carboxylic acids is 1. The summed E-state index contributed by atoms with van der Waals surface area (Å²) in [5, 5.41) is 11.8. The van der Waals surface area contributed by atoms with Gasteiger partial charge >= 0.3 is 11.9 Å². The predicted molar refractivity (Wildman–Crippen MR) is 179 cm³/mol. The van der Waals surface area contributed by atoms with Crippen LogP contribution in [0.4, 0.5) is 0 Å². The number of carbonyl (C=O) groups excluding carboxylic acids is 2. The van der Waals surface area contributed by atoms with Gasteiger partial charge in [-0.3, -0.25) is 9.59 Å². The Labute approximate surface area is 262 Å². The van der Waals surface area contributed by atoms with Crippen LogP contribution < -0.4 is 11.1 Å². The van der Waals surface area contributed by atoms with Gasteiger partial charge in [0.25, 0.3) is 0 Å². The fourth-order valence-corrected chi connectivity index (χ4v) is 4.55. The summed E-state index contributed by atoms with van der Waals surface area (Å²) in [6.45, 7) is 4.73. The first-order valence-corrected chi connectivity index (χ1v) is 17.0. The molecule has 0 fully saturated rings. The van der Waals surface area contributed by atoms with Crippen LogP contribution in [0.2, 0.25) is 0 Å². The minimum absolute atomic E-state index is 0.125. The van der Waals surface area contributed by atoms with E-state index >= 15 is 0 Å². The molecule has 4 N–H and O–H groups in total. The fraction of sp³-hybridized carbons (Fsp3) is 0.694. The Bertz CT molecular complexity index is 818. The van der Waals surface area contributed by atoms with Crippen LogP contribution in [0.5, 0.6) is 0 Å². The number of nitrogens with two attached hydrogens (primary N) is 1. The van der Waals surface area contributed by atoms with Gasteiger partial charge in [-0.2, -0.15) is 0 Å². The van der Waals surface area contributed by atoms with Gasteiger partial charge in [0.15, 0.2) is 0 Å². The monoisotopic (exact) mass is 602 g/mol. The van der Waals surface area contributed by atoms with E-state index in [0.29, 0.717) is 38.6 Å². The van der Waals surface area contributed by atoms with E-state index in [-0.39, 0.29) is 18.0 Å². The predicted octanol–water partition coefficient (Wildman–Crippen LogP) is 8.49. The molecule has 2 unspecified atom stereocenters. The third-order valence-corrected chi connectivity index (χ3v) is 7.11. The first-order chi connectivity index (χ1) is 20.9. The average molecular weight is 603 g/mol. The molecule has 0 radical (unpaired) electrons. The molecule has 0 rings (SSSR count). The molecular weight excluding hydrogens is 540 g/mol. The Hall–Kier alpha value is -2.67. The lowest BCUT2D eigenvalue weighted by Crippen LogP contribution is -2.40. The van der Waals surface area contributed by atoms with Gasteiger partial charge in [0.05, 0.1) is 0 Å². The topological polar surface area (TPSA) is 119 Å². The van der Waals surface area contributed by atoms with E-state index in [1.54, 1.807) is 0 Å². The van der Waals surface area contributed by atoms with Gasteiger partial charge in [0.1, 0.15) is 12.1 Å². The van der Waals surface area contributed by atoms with Crippen molar-refractivity contribution in [1.82, 2.24) is 5.32 Å². The molecule has 0 aromatic rings. The standard InChI is InChI=1S/C36H62N2O5/c1-3-5-7-9-10-11-12-13-14-15-16-18-24-30-35(40)43-32(26-21-17-8-6-4-2)27-22-19-20-23-29-34(39)38-33(36(41)42)28-25-31-37/h5,7,10-11,13-14,21,26,32-33H,3-4,6,8-9,12,15-20,22-25,27-31,37H2,1-2H3,(H,38,39)(H,41,42)/b7-5-,11-10-,14-13-,26-21-. The number of nitrogens with one attached hydrogen (secondary N) is 1. The number of hydrogen-bond acceptors (Lipinski definition) is 5. The van der Waals surface area contributed by atoms with E-state index in [4.69, 9.17) is 10.5 Å². The Kier molecular flexibility index (Phi) is 28.9. The van der Waals surface area contributed by atoms with Crippen LogP contribution in [0.1, 0.15) is 142 Å². The second-order valence-electron chi connectivity index (χ2n) is 11.2. The minimum Gasteiger partial charge on any atom is -0.480 e. The largest absolute Gasteiger partial charge is 0.480 e. The lowest BCUT2D eigenvalue weighted by atomic mass is 10.1. The molecule has 7 heteroatoms. The van der Waals surface area contributed by atoms with Crippen molar-refractivity contribution in [3.05, 3.63) is 48.6 Å². The SMILES string of the molecule is CC/C=C\C/C=C\C/C=C\CCCCCC(=O)OC(/C=C\CCCCC)CCCCCCC(=O)NC(CCCN)C(=O)O.